The van der Waals surface area contributed by atoms with Gasteiger partial charge in [-0.2, -0.15) is 5.10 Å². The molecule has 0 aliphatic heterocycles. The first-order valence-electron chi connectivity index (χ1n) is 13.3. The predicted molar refractivity (Wildman–Crippen MR) is 159 cm³/mol. The summed E-state index contributed by atoms with van der Waals surface area (Å²) in [7, 11) is 1.87. The van der Waals surface area contributed by atoms with Crippen molar-refractivity contribution in [2.24, 2.45) is 7.05 Å². The van der Waals surface area contributed by atoms with Crippen LogP contribution in [0.15, 0.2) is 71.8 Å². The molecule has 1 atom stereocenters. The molecule has 11 nitrogen and oxygen atoms in total. The van der Waals surface area contributed by atoms with Gasteiger partial charge in [0.05, 0.1) is 39.6 Å². The molecular weight excluding hydrogens is 530 g/mol. The minimum absolute atomic E-state index is 0.0487. The number of hydrogen-bond acceptors (Lipinski definition) is 7. The van der Waals surface area contributed by atoms with E-state index in [0.717, 1.165) is 17.0 Å². The van der Waals surface area contributed by atoms with Crippen molar-refractivity contribution in [1.29, 1.82) is 0 Å². The Bertz CT molecular complexity index is 2130. The molecule has 2 aromatic carbocycles. The van der Waals surface area contributed by atoms with E-state index in [2.05, 4.69) is 32.3 Å². The Kier molecular flexibility index (Phi) is 6.51. The van der Waals surface area contributed by atoms with Crippen LogP contribution in [0, 0.1) is 25.7 Å². The summed E-state index contributed by atoms with van der Waals surface area (Å²) >= 11 is 0. The van der Waals surface area contributed by atoms with Crippen LogP contribution in [0.25, 0.3) is 22.2 Å². The van der Waals surface area contributed by atoms with Gasteiger partial charge in [-0.05, 0) is 51.1 Å². The van der Waals surface area contributed by atoms with Crippen molar-refractivity contribution in [3.63, 3.8) is 0 Å². The van der Waals surface area contributed by atoms with E-state index < -0.39 is 11.9 Å². The molecule has 0 saturated heterocycles. The van der Waals surface area contributed by atoms with E-state index in [-0.39, 0.29) is 16.9 Å². The molecule has 1 unspecified atom stereocenters. The standard InChI is InChI=1S/C31H27N9O2/c1-18-23(20(3)38(4)36-18)15-14-21-10-8-13-24-25(21)31(42)40(22-11-6-5-7-12-22)28(35-24)19(2)34-30(41)26-27(32)37-39-17-9-16-33-29(26)39/h5-13,16-17,19H,1-4H3,(H2,32,37)(H,34,41). The van der Waals surface area contributed by atoms with Gasteiger partial charge in [0, 0.05) is 25.0 Å². The summed E-state index contributed by atoms with van der Waals surface area (Å²) in [5.74, 6) is 6.30. The lowest BCUT2D eigenvalue weighted by Crippen LogP contribution is -2.33. The largest absolute Gasteiger partial charge is 0.381 e. The van der Waals surface area contributed by atoms with Gasteiger partial charge in [-0.1, -0.05) is 36.1 Å². The second-order valence-corrected chi connectivity index (χ2v) is 9.91. The summed E-state index contributed by atoms with van der Waals surface area (Å²) in [6, 6.07) is 15.6. The molecule has 0 saturated carbocycles. The molecule has 3 N–H and O–H groups in total. The van der Waals surface area contributed by atoms with Gasteiger partial charge >= 0.3 is 0 Å². The highest BCUT2D eigenvalue weighted by atomic mass is 16.2. The number of nitrogens with zero attached hydrogens (tertiary/aromatic N) is 7. The average Bonchev–Trinajstić information content (AvgIpc) is 3.44. The summed E-state index contributed by atoms with van der Waals surface area (Å²) in [4.78, 5) is 36.8. The summed E-state index contributed by atoms with van der Waals surface area (Å²) in [6.45, 7) is 5.62. The molecule has 208 valence electrons. The predicted octanol–water partition coefficient (Wildman–Crippen LogP) is 3.25. The normalized spacial score (nSPS) is 11.8. The topological polar surface area (TPSA) is 138 Å². The molecule has 1 amide bonds. The third kappa shape index (κ3) is 4.45. The number of carbonyl (C=O) groups excluding carboxylic acids is 1. The highest BCUT2D eigenvalue weighted by Gasteiger charge is 2.25. The number of amides is 1. The summed E-state index contributed by atoms with van der Waals surface area (Å²) in [5, 5.41) is 11.9. The van der Waals surface area contributed by atoms with Gasteiger partial charge in [0.15, 0.2) is 11.5 Å². The van der Waals surface area contributed by atoms with E-state index in [1.54, 1.807) is 42.2 Å². The fourth-order valence-electron chi connectivity index (χ4n) is 5.01. The van der Waals surface area contributed by atoms with Crippen LogP contribution in [0.3, 0.4) is 0 Å². The van der Waals surface area contributed by atoms with Crippen LogP contribution >= 0.6 is 0 Å². The summed E-state index contributed by atoms with van der Waals surface area (Å²) in [6.07, 6.45) is 3.22. The molecule has 0 fully saturated rings. The molecule has 0 aliphatic rings. The zero-order valence-corrected chi connectivity index (χ0v) is 23.5. The first kappa shape index (κ1) is 26.5. The van der Waals surface area contributed by atoms with Crippen LogP contribution < -0.4 is 16.6 Å². The molecule has 11 heteroatoms. The number of nitrogens with two attached hydrogens (primary N) is 1. The van der Waals surface area contributed by atoms with Crippen LogP contribution in [-0.4, -0.2) is 39.8 Å². The molecule has 0 bridgehead atoms. The lowest BCUT2D eigenvalue weighted by molar-refractivity contribution is 0.0940. The van der Waals surface area contributed by atoms with E-state index in [9.17, 15) is 9.59 Å². The van der Waals surface area contributed by atoms with Crippen molar-refractivity contribution in [3.8, 4) is 17.5 Å². The van der Waals surface area contributed by atoms with Gasteiger partial charge in [0.1, 0.15) is 11.4 Å². The maximum Gasteiger partial charge on any atom is 0.267 e. The Morgan fingerprint density at radius 1 is 1.02 bits per heavy atom. The number of fused-ring (bicyclic) bond motifs is 2. The Hall–Kier alpha value is -5.76. The number of carbonyl (C=O) groups is 1. The number of para-hydroxylation sites is 1. The number of aromatic nitrogens is 7. The second kappa shape index (κ2) is 10.3. The number of nitrogen functional groups attached to an aromatic ring is 1. The van der Waals surface area contributed by atoms with Crippen molar-refractivity contribution < 1.29 is 4.79 Å². The van der Waals surface area contributed by atoms with Gasteiger partial charge in [-0.25, -0.2) is 14.5 Å². The lowest BCUT2D eigenvalue weighted by atomic mass is 10.1. The molecule has 0 radical (unpaired) electrons. The van der Waals surface area contributed by atoms with E-state index in [1.807, 2.05) is 57.3 Å². The lowest BCUT2D eigenvalue weighted by Gasteiger charge is -2.20. The number of anilines is 1. The van der Waals surface area contributed by atoms with Crippen LogP contribution in [0.2, 0.25) is 0 Å². The van der Waals surface area contributed by atoms with Crippen LogP contribution in [0.5, 0.6) is 0 Å². The maximum atomic E-state index is 14.3. The molecule has 4 heterocycles. The van der Waals surface area contributed by atoms with Crippen LogP contribution in [-0.2, 0) is 7.05 Å². The van der Waals surface area contributed by atoms with Crippen molar-refractivity contribution in [3.05, 3.63) is 111 Å². The molecule has 4 aromatic heterocycles. The highest BCUT2D eigenvalue weighted by molar-refractivity contribution is 6.04. The third-order valence-corrected chi connectivity index (χ3v) is 7.15. The number of aryl methyl sites for hydroxylation is 2. The first-order valence-corrected chi connectivity index (χ1v) is 13.3. The van der Waals surface area contributed by atoms with Crippen LogP contribution in [0.1, 0.15) is 51.7 Å². The van der Waals surface area contributed by atoms with Gasteiger partial charge in [0.2, 0.25) is 0 Å². The zero-order chi connectivity index (χ0) is 29.5. The third-order valence-electron chi connectivity index (χ3n) is 7.15. The minimum Gasteiger partial charge on any atom is -0.381 e. The smallest absolute Gasteiger partial charge is 0.267 e. The number of nitrogens with one attached hydrogen (secondary N) is 1. The minimum atomic E-state index is -0.691. The molecule has 6 aromatic rings. The Balaban J connectivity index is 1.49. The fourth-order valence-corrected chi connectivity index (χ4v) is 5.01. The first-order chi connectivity index (χ1) is 20.2. The van der Waals surface area contributed by atoms with Gasteiger partial charge in [0.25, 0.3) is 11.5 Å². The van der Waals surface area contributed by atoms with Crippen LogP contribution in [0.4, 0.5) is 5.82 Å². The zero-order valence-electron chi connectivity index (χ0n) is 23.5. The van der Waals surface area contributed by atoms with Gasteiger partial charge in [-0.3, -0.25) is 18.8 Å². The Morgan fingerprint density at radius 3 is 2.55 bits per heavy atom. The van der Waals surface area contributed by atoms with Crippen molar-refractivity contribution in [2.75, 3.05) is 5.73 Å². The SMILES string of the molecule is Cc1nn(C)c(C)c1C#Cc1cccc2nc(C(C)NC(=O)c3c(N)nn4cccnc34)n(-c3ccccc3)c(=O)c12. The quantitative estimate of drug-likeness (QED) is 0.317. The van der Waals surface area contributed by atoms with E-state index in [0.29, 0.717) is 33.6 Å². The molecule has 42 heavy (non-hydrogen) atoms. The molecule has 6 rings (SSSR count). The van der Waals surface area contributed by atoms with E-state index in [1.165, 1.54) is 9.08 Å². The van der Waals surface area contributed by atoms with Crippen molar-refractivity contribution >= 4 is 28.3 Å². The molecular formula is C31H27N9O2. The monoisotopic (exact) mass is 557 g/mol. The van der Waals surface area contributed by atoms with Crippen molar-refractivity contribution in [1.82, 2.24) is 39.2 Å². The van der Waals surface area contributed by atoms with Gasteiger partial charge < -0.3 is 11.1 Å². The average molecular weight is 558 g/mol. The second-order valence-electron chi connectivity index (χ2n) is 9.91. The molecule has 0 spiro atoms. The Morgan fingerprint density at radius 2 is 1.81 bits per heavy atom. The fraction of sp³-hybridized carbons (Fsp3) is 0.161. The highest BCUT2D eigenvalue weighted by Crippen LogP contribution is 2.22. The number of rotatable bonds is 4. The van der Waals surface area contributed by atoms with Gasteiger partial charge in [-0.15, -0.1) is 5.10 Å². The number of hydrogen-bond donors (Lipinski definition) is 2. The number of benzene rings is 2. The van der Waals surface area contributed by atoms with E-state index >= 15 is 0 Å². The van der Waals surface area contributed by atoms with Crippen molar-refractivity contribution in [2.45, 2.75) is 26.8 Å². The Labute approximate surface area is 240 Å². The maximum absolute atomic E-state index is 14.3. The summed E-state index contributed by atoms with van der Waals surface area (Å²) < 4.78 is 4.74. The molecule has 0 aliphatic carbocycles. The summed E-state index contributed by atoms with van der Waals surface area (Å²) in [5.41, 5.74) is 10.4. The van der Waals surface area contributed by atoms with E-state index in [4.69, 9.17) is 10.7 Å².